The summed E-state index contributed by atoms with van der Waals surface area (Å²) in [6, 6.07) is 6.18. The highest BCUT2D eigenvalue weighted by atomic mass is 16.1. The van der Waals surface area contributed by atoms with Gasteiger partial charge in [0.2, 0.25) is 0 Å². The van der Waals surface area contributed by atoms with Crippen molar-refractivity contribution in [3.05, 3.63) is 29.5 Å². The average Bonchev–Trinajstić information content (AvgIpc) is 2.55. The van der Waals surface area contributed by atoms with E-state index in [9.17, 15) is 4.79 Å². The lowest BCUT2D eigenvalue weighted by molar-refractivity contribution is -0.108. The van der Waals surface area contributed by atoms with Crippen LogP contribution in [0.5, 0.6) is 0 Å². The van der Waals surface area contributed by atoms with Gasteiger partial charge < -0.3 is 4.79 Å². The number of carbonyl (C=O) groups excluding carboxylic acids is 1. The summed E-state index contributed by atoms with van der Waals surface area (Å²) in [6.07, 6.45) is 1.54. The van der Waals surface area contributed by atoms with Gasteiger partial charge in [-0.25, -0.2) is 0 Å². The SMILES string of the molecule is Cc1nn(C)c2cccc(C(C)CC=O)c12. The molecule has 0 aliphatic heterocycles. The first-order chi connectivity index (χ1) is 7.65. The van der Waals surface area contributed by atoms with E-state index in [4.69, 9.17) is 0 Å². The lowest BCUT2D eigenvalue weighted by Crippen LogP contribution is -1.96. The molecule has 2 rings (SSSR count). The molecule has 0 saturated carbocycles. The van der Waals surface area contributed by atoms with Crippen LogP contribution in [0.25, 0.3) is 10.9 Å². The maximum Gasteiger partial charge on any atom is 0.120 e. The predicted molar refractivity (Wildman–Crippen MR) is 64.5 cm³/mol. The van der Waals surface area contributed by atoms with Crippen LogP contribution in [-0.2, 0) is 11.8 Å². The molecule has 1 aromatic carbocycles. The van der Waals surface area contributed by atoms with Gasteiger partial charge in [-0.2, -0.15) is 5.10 Å². The second kappa shape index (κ2) is 4.08. The molecule has 1 aromatic heterocycles. The van der Waals surface area contributed by atoms with Crippen molar-refractivity contribution >= 4 is 17.2 Å². The molecule has 0 fully saturated rings. The second-order valence-corrected chi connectivity index (χ2v) is 4.25. The van der Waals surface area contributed by atoms with Crippen molar-refractivity contribution in [1.82, 2.24) is 9.78 Å². The molecule has 3 heteroatoms. The number of aryl methyl sites for hydroxylation is 2. The number of benzene rings is 1. The number of hydrogen-bond donors (Lipinski definition) is 0. The Kier molecular flexibility index (Phi) is 2.77. The van der Waals surface area contributed by atoms with Gasteiger partial charge in [-0.15, -0.1) is 0 Å². The maximum absolute atomic E-state index is 10.6. The molecule has 0 amide bonds. The molecule has 0 radical (unpaired) electrons. The fraction of sp³-hybridized carbons (Fsp3) is 0.385. The number of carbonyl (C=O) groups is 1. The van der Waals surface area contributed by atoms with Gasteiger partial charge in [0.15, 0.2) is 0 Å². The van der Waals surface area contributed by atoms with E-state index in [-0.39, 0.29) is 5.92 Å². The molecule has 0 bridgehead atoms. The minimum absolute atomic E-state index is 0.254. The Bertz CT molecular complexity index is 528. The Morgan fingerprint density at radius 2 is 2.25 bits per heavy atom. The lowest BCUT2D eigenvalue weighted by Gasteiger charge is -2.10. The van der Waals surface area contributed by atoms with Gasteiger partial charge in [-0.1, -0.05) is 19.1 Å². The van der Waals surface area contributed by atoms with E-state index < -0.39 is 0 Å². The molecule has 3 nitrogen and oxygen atoms in total. The van der Waals surface area contributed by atoms with Crippen molar-refractivity contribution in [2.75, 3.05) is 0 Å². The van der Waals surface area contributed by atoms with Crippen molar-refractivity contribution in [2.45, 2.75) is 26.2 Å². The third kappa shape index (κ3) is 1.62. The molecule has 0 N–H and O–H groups in total. The summed E-state index contributed by atoms with van der Waals surface area (Å²) < 4.78 is 1.89. The largest absolute Gasteiger partial charge is 0.303 e. The minimum Gasteiger partial charge on any atom is -0.303 e. The smallest absolute Gasteiger partial charge is 0.120 e. The van der Waals surface area contributed by atoms with E-state index in [1.807, 2.05) is 24.7 Å². The molecule has 84 valence electrons. The van der Waals surface area contributed by atoms with E-state index in [0.717, 1.165) is 17.5 Å². The van der Waals surface area contributed by atoms with Crippen molar-refractivity contribution in [3.63, 3.8) is 0 Å². The second-order valence-electron chi connectivity index (χ2n) is 4.25. The van der Waals surface area contributed by atoms with Crippen LogP contribution in [0.2, 0.25) is 0 Å². The molecular formula is C13H16N2O. The van der Waals surface area contributed by atoms with E-state index >= 15 is 0 Å². The first kappa shape index (κ1) is 10.9. The lowest BCUT2D eigenvalue weighted by atomic mass is 9.94. The molecule has 0 spiro atoms. The molecule has 0 saturated heterocycles. The van der Waals surface area contributed by atoms with Crippen molar-refractivity contribution in [1.29, 1.82) is 0 Å². The third-order valence-corrected chi connectivity index (χ3v) is 3.07. The maximum atomic E-state index is 10.6. The van der Waals surface area contributed by atoms with Crippen molar-refractivity contribution in [2.24, 2.45) is 7.05 Å². The highest BCUT2D eigenvalue weighted by Crippen LogP contribution is 2.28. The highest BCUT2D eigenvalue weighted by molar-refractivity contribution is 5.86. The van der Waals surface area contributed by atoms with Crippen molar-refractivity contribution in [3.8, 4) is 0 Å². The zero-order valence-corrected chi connectivity index (χ0v) is 9.90. The summed E-state index contributed by atoms with van der Waals surface area (Å²) in [7, 11) is 1.95. The predicted octanol–water partition coefficient (Wildman–Crippen LogP) is 2.57. The Morgan fingerprint density at radius 3 is 2.94 bits per heavy atom. The Hall–Kier alpha value is -1.64. The Morgan fingerprint density at radius 1 is 1.50 bits per heavy atom. The average molecular weight is 216 g/mol. The van der Waals surface area contributed by atoms with E-state index in [0.29, 0.717) is 6.42 Å². The number of nitrogens with zero attached hydrogens (tertiary/aromatic N) is 2. The van der Waals surface area contributed by atoms with E-state index in [2.05, 4.69) is 24.2 Å². The molecule has 2 aromatic rings. The van der Waals surface area contributed by atoms with E-state index in [1.54, 1.807) is 0 Å². The van der Waals surface area contributed by atoms with Crippen LogP contribution in [0.3, 0.4) is 0 Å². The summed E-state index contributed by atoms with van der Waals surface area (Å²) in [5.41, 5.74) is 3.38. The molecule has 1 heterocycles. The summed E-state index contributed by atoms with van der Waals surface area (Å²) in [4.78, 5) is 10.6. The van der Waals surface area contributed by atoms with Gasteiger partial charge in [-0.3, -0.25) is 4.68 Å². The number of hydrogen-bond acceptors (Lipinski definition) is 2. The van der Waals surface area contributed by atoms with Crippen LogP contribution >= 0.6 is 0 Å². The van der Waals surface area contributed by atoms with Gasteiger partial charge >= 0.3 is 0 Å². The number of aromatic nitrogens is 2. The topological polar surface area (TPSA) is 34.9 Å². The van der Waals surface area contributed by atoms with Crippen LogP contribution in [0, 0.1) is 6.92 Å². The molecule has 0 aliphatic carbocycles. The number of fused-ring (bicyclic) bond motifs is 1. The first-order valence-electron chi connectivity index (χ1n) is 5.51. The number of aldehydes is 1. The summed E-state index contributed by atoms with van der Waals surface area (Å²) in [5, 5.41) is 5.62. The fourth-order valence-corrected chi connectivity index (χ4v) is 2.23. The minimum atomic E-state index is 0.254. The monoisotopic (exact) mass is 216 g/mol. The summed E-state index contributed by atoms with van der Waals surface area (Å²) in [5.74, 6) is 0.254. The van der Waals surface area contributed by atoms with Crippen LogP contribution in [-0.4, -0.2) is 16.1 Å². The molecular weight excluding hydrogens is 200 g/mol. The van der Waals surface area contributed by atoms with Gasteiger partial charge in [0.25, 0.3) is 0 Å². The first-order valence-corrected chi connectivity index (χ1v) is 5.51. The van der Waals surface area contributed by atoms with Crippen molar-refractivity contribution < 1.29 is 4.79 Å². The van der Waals surface area contributed by atoms with Gasteiger partial charge in [0, 0.05) is 18.9 Å². The molecule has 1 unspecified atom stereocenters. The fourth-order valence-electron chi connectivity index (χ4n) is 2.23. The quantitative estimate of drug-likeness (QED) is 0.739. The van der Waals surface area contributed by atoms with E-state index in [1.165, 1.54) is 10.9 Å². The summed E-state index contributed by atoms with van der Waals surface area (Å²) >= 11 is 0. The van der Waals surface area contributed by atoms with Crippen LogP contribution < -0.4 is 0 Å². The molecule has 0 aliphatic rings. The molecule has 16 heavy (non-hydrogen) atoms. The highest BCUT2D eigenvalue weighted by Gasteiger charge is 2.13. The Balaban J connectivity index is 2.65. The third-order valence-electron chi connectivity index (χ3n) is 3.07. The standard InChI is InChI=1S/C13H16N2O/c1-9(7-8-16)11-5-4-6-12-13(11)10(2)14-15(12)3/h4-6,8-9H,7H2,1-3H3. The van der Waals surface area contributed by atoms with Crippen LogP contribution in [0.1, 0.15) is 30.5 Å². The van der Waals surface area contributed by atoms with Crippen LogP contribution in [0.15, 0.2) is 18.2 Å². The zero-order chi connectivity index (χ0) is 11.7. The Labute approximate surface area is 95.1 Å². The van der Waals surface area contributed by atoms with Gasteiger partial charge in [-0.05, 0) is 24.5 Å². The van der Waals surface area contributed by atoms with Gasteiger partial charge in [0.1, 0.15) is 6.29 Å². The van der Waals surface area contributed by atoms with Crippen LogP contribution in [0.4, 0.5) is 0 Å². The summed E-state index contributed by atoms with van der Waals surface area (Å²) in [6.45, 7) is 4.09. The molecule has 1 atom stereocenters. The zero-order valence-electron chi connectivity index (χ0n) is 9.90. The van der Waals surface area contributed by atoms with Gasteiger partial charge in [0.05, 0.1) is 11.2 Å². The number of rotatable bonds is 3. The normalized spacial score (nSPS) is 12.9.